The molecule has 0 unspecified atom stereocenters. The van der Waals surface area contributed by atoms with Crippen LogP contribution < -0.4 is 17.0 Å². The summed E-state index contributed by atoms with van der Waals surface area (Å²) in [5, 5.41) is 2.40. The second-order valence-corrected chi connectivity index (χ2v) is 2.49. The van der Waals surface area contributed by atoms with E-state index in [0.717, 1.165) is 9.13 Å². The molecule has 0 saturated heterocycles. The van der Waals surface area contributed by atoms with Crippen molar-refractivity contribution in [1.82, 2.24) is 14.9 Å². The van der Waals surface area contributed by atoms with Crippen LogP contribution in [-0.4, -0.2) is 9.13 Å². The average molecular weight is 183 g/mol. The normalized spacial score (nSPS) is 10.0. The molecule has 13 heavy (non-hydrogen) atoms. The summed E-state index contributed by atoms with van der Waals surface area (Å²) in [6.07, 6.45) is 0. The predicted octanol–water partition coefficient (Wildman–Crippen LogP) is -0.604. The molecule has 0 aliphatic heterocycles. The minimum Gasteiger partial charge on any atom is -0.282 e. The lowest BCUT2D eigenvalue weighted by Gasteiger charge is -2.04. The molecular formula is C6H7N4O3. The van der Waals surface area contributed by atoms with Gasteiger partial charge in [0.05, 0.1) is 0 Å². The number of hydrogen-bond donors (Lipinski definition) is 0. The van der Waals surface area contributed by atoms with Crippen LogP contribution in [0.3, 0.4) is 0 Å². The van der Waals surface area contributed by atoms with E-state index in [9.17, 15) is 14.5 Å². The van der Waals surface area contributed by atoms with E-state index in [-0.39, 0.29) is 0 Å². The van der Waals surface area contributed by atoms with E-state index in [0.29, 0.717) is 0 Å². The quantitative estimate of drug-likeness (QED) is 0.543. The third-order valence-corrected chi connectivity index (χ3v) is 1.73. The summed E-state index contributed by atoms with van der Waals surface area (Å²) < 4.78 is 1.60. The van der Waals surface area contributed by atoms with Crippen molar-refractivity contribution >= 4 is 11.5 Å². The second kappa shape index (κ2) is 2.85. The first-order chi connectivity index (χ1) is 6.00. The molecule has 0 amide bonds. The Labute approximate surface area is 72.4 Å². The molecule has 0 aliphatic rings. The number of hydrogen-bond acceptors (Lipinski definition) is 4. The maximum atomic E-state index is 11.1. The molecule has 0 bridgehead atoms. The molecule has 1 rings (SSSR count). The summed E-state index contributed by atoms with van der Waals surface area (Å²) in [6.45, 7) is 0. The molecule has 0 fully saturated rings. The third kappa shape index (κ3) is 1.13. The van der Waals surface area contributed by atoms with E-state index in [4.69, 9.17) is 5.73 Å². The van der Waals surface area contributed by atoms with Crippen molar-refractivity contribution in [2.45, 2.75) is 0 Å². The van der Waals surface area contributed by atoms with Gasteiger partial charge >= 0.3 is 5.69 Å². The van der Waals surface area contributed by atoms with Gasteiger partial charge in [-0.2, -0.15) is 0 Å². The van der Waals surface area contributed by atoms with E-state index in [1.54, 1.807) is 0 Å². The smallest absolute Gasteiger partial charge is 0.282 e. The Morgan fingerprint density at radius 2 is 1.77 bits per heavy atom. The molecule has 69 valence electrons. The van der Waals surface area contributed by atoms with Crippen molar-refractivity contribution in [1.29, 1.82) is 0 Å². The molecule has 1 aromatic heterocycles. The van der Waals surface area contributed by atoms with Crippen LogP contribution in [0, 0.1) is 4.91 Å². The molecule has 0 spiro atoms. The van der Waals surface area contributed by atoms with Crippen LogP contribution in [0.4, 0.5) is 11.5 Å². The third-order valence-electron chi connectivity index (χ3n) is 1.73. The van der Waals surface area contributed by atoms with Crippen molar-refractivity contribution in [3.63, 3.8) is 0 Å². The van der Waals surface area contributed by atoms with Gasteiger partial charge in [-0.15, -0.1) is 4.91 Å². The molecule has 0 aliphatic carbocycles. The number of nitrogens with zero attached hydrogens (tertiary/aromatic N) is 3. The van der Waals surface area contributed by atoms with Gasteiger partial charge in [0, 0.05) is 14.1 Å². The molecule has 1 N–H and O–H groups in total. The Kier molecular flexibility index (Phi) is 2.01. The Morgan fingerprint density at radius 3 is 2.23 bits per heavy atom. The fourth-order valence-corrected chi connectivity index (χ4v) is 0.909. The Morgan fingerprint density at radius 1 is 1.23 bits per heavy atom. The SMILES string of the molecule is Cn1c([NH])c(N=O)c(=O)n(C)c1=O. The summed E-state index contributed by atoms with van der Waals surface area (Å²) in [5.41, 5.74) is 5.18. The summed E-state index contributed by atoms with van der Waals surface area (Å²) in [7, 11) is 2.51. The molecule has 1 aromatic rings. The summed E-state index contributed by atoms with van der Waals surface area (Å²) in [4.78, 5) is 32.4. The van der Waals surface area contributed by atoms with E-state index in [2.05, 4.69) is 5.18 Å². The van der Waals surface area contributed by atoms with E-state index in [1.165, 1.54) is 14.1 Å². The lowest BCUT2D eigenvalue weighted by atomic mass is 10.4. The minimum absolute atomic E-state index is 0.469. The first kappa shape index (κ1) is 9.17. The first-order valence-electron chi connectivity index (χ1n) is 3.35. The number of aromatic nitrogens is 2. The maximum absolute atomic E-state index is 11.1. The number of rotatable bonds is 1. The van der Waals surface area contributed by atoms with Crippen molar-refractivity contribution in [3.8, 4) is 0 Å². The zero-order valence-electron chi connectivity index (χ0n) is 7.07. The first-order valence-corrected chi connectivity index (χ1v) is 3.35. The van der Waals surface area contributed by atoms with Crippen LogP contribution >= 0.6 is 0 Å². The van der Waals surface area contributed by atoms with Crippen LogP contribution in [0.1, 0.15) is 0 Å². The van der Waals surface area contributed by atoms with Crippen molar-refractivity contribution in [3.05, 3.63) is 25.7 Å². The van der Waals surface area contributed by atoms with Gasteiger partial charge in [0.2, 0.25) is 5.69 Å². The van der Waals surface area contributed by atoms with Crippen LogP contribution in [0.25, 0.3) is 0 Å². The summed E-state index contributed by atoms with van der Waals surface area (Å²) >= 11 is 0. The number of nitrogens with one attached hydrogen (secondary N) is 1. The molecule has 0 aromatic carbocycles. The Balaban J connectivity index is 3.88. The topological polar surface area (TPSA) is 97.2 Å². The fourth-order valence-electron chi connectivity index (χ4n) is 0.909. The summed E-state index contributed by atoms with van der Waals surface area (Å²) in [5.74, 6) is -0.469. The minimum atomic E-state index is -0.844. The van der Waals surface area contributed by atoms with Crippen molar-refractivity contribution in [2.24, 2.45) is 19.3 Å². The van der Waals surface area contributed by atoms with Gasteiger partial charge in [-0.1, -0.05) is 0 Å². The highest BCUT2D eigenvalue weighted by atomic mass is 16.3. The Bertz CT molecular complexity index is 470. The second-order valence-electron chi connectivity index (χ2n) is 2.49. The highest BCUT2D eigenvalue weighted by molar-refractivity contribution is 5.52. The molecular weight excluding hydrogens is 176 g/mol. The highest BCUT2D eigenvalue weighted by Gasteiger charge is 2.13. The molecule has 1 radical (unpaired) electrons. The van der Waals surface area contributed by atoms with Gasteiger partial charge in [0.25, 0.3) is 5.56 Å². The lowest BCUT2D eigenvalue weighted by molar-refractivity contribution is 0.688. The molecule has 0 saturated carbocycles. The van der Waals surface area contributed by atoms with Crippen molar-refractivity contribution in [2.75, 3.05) is 0 Å². The predicted molar refractivity (Wildman–Crippen MR) is 45.1 cm³/mol. The van der Waals surface area contributed by atoms with Crippen LogP contribution in [0.5, 0.6) is 0 Å². The van der Waals surface area contributed by atoms with Crippen LogP contribution in [0.15, 0.2) is 14.8 Å². The average Bonchev–Trinajstić information content (AvgIpc) is 2.13. The monoisotopic (exact) mass is 183 g/mol. The van der Waals surface area contributed by atoms with Crippen LogP contribution in [0.2, 0.25) is 0 Å². The number of nitroso groups, excluding NO2 is 1. The lowest BCUT2D eigenvalue weighted by Crippen LogP contribution is -2.36. The van der Waals surface area contributed by atoms with Gasteiger partial charge in [-0.3, -0.25) is 19.7 Å². The van der Waals surface area contributed by atoms with E-state index in [1.807, 2.05) is 0 Å². The van der Waals surface area contributed by atoms with Gasteiger partial charge in [0.15, 0.2) is 5.82 Å². The van der Waals surface area contributed by atoms with Gasteiger partial charge in [0.1, 0.15) is 0 Å². The molecule has 1 heterocycles. The van der Waals surface area contributed by atoms with Crippen LogP contribution in [-0.2, 0) is 14.1 Å². The van der Waals surface area contributed by atoms with Gasteiger partial charge < -0.3 is 0 Å². The van der Waals surface area contributed by atoms with Gasteiger partial charge in [-0.25, -0.2) is 4.79 Å². The summed E-state index contributed by atoms with van der Waals surface area (Å²) in [6, 6.07) is 0. The molecule has 0 atom stereocenters. The van der Waals surface area contributed by atoms with E-state index < -0.39 is 22.8 Å². The molecule has 7 nitrogen and oxygen atoms in total. The highest BCUT2D eigenvalue weighted by Crippen LogP contribution is 2.13. The zero-order chi connectivity index (χ0) is 10.2. The Hall–Kier alpha value is -1.92. The van der Waals surface area contributed by atoms with Crippen molar-refractivity contribution < 1.29 is 0 Å². The fraction of sp³-hybridized carbons (Fsp3) is 0.333. The maximum Gasteiger partial charge on any atom is 0.332 e. The van der Waals surface area contributed by atoms with Gasteiger partial charge in [-0.05, 0) is 5.18 Å². The largest absolute Gasteiger partial charge is 0.332 e. The standard InChI is InChI=1S/C6H7N4O3/c1-9-4(7)3(8-13)5(11)10(2)6(9)12/h7H,1-2H3. The zero-order valence-corrected chi connectivity index (χ0v) is 7.07. The molecule has 7 heteroatoms. The van der Waals surface area contributed by atoms with E-state index >= 15 is 0 Å².